The van der Waals surface area contributed by atoms with Crippen LogP contribution in [0.3, 0.4) is 0 Å². The number of hydrogen-bond donors (Lipinski definition) is 1. The molecule has 0 saturated carbocycles. The van der Waals surface area contributed by atoms with Gasteiger partial charge in [0.2, 0.25) is 0 Å². The van der Waals surface area contributed by atoms with Crippen LogP contribution in [0, 0.1) is 0 Å². The fraction of sp³-hybridized carbons (Fsp3) is 0.500. The van der Waals surface area contributed by atoms with Crippen LogP contribution >= 0.6 is 0 Å². The molecule has 0 bridgehead atoms. The van der Waals surface area contributed by atoms with Crippen molar-refractivity contribution in [3.05, 3.63) is 24.3 Å². The van der Waals surface area contributed by atoms with Gasteiger partial charge >= 0.3 is 0 Å². The van der Waals surface area contributed by atoms with Gasteiger partial charge in [0, 0.05) is 26.2 Å². The summed E-state index contributed by atoms with van der Waals surface area (Å²) in [5, 5.41) is 3.46. The smallest absolute Gasteiger partial charge is 0.172 e. The number of para-hydroxylation sites is 2. The lowest BCUT2D eigenvalue weighted by molar-refractivity contribution is 0.425. The third kappa shape index (κ3) is 3.24. The number of anilines is 2. The van der Waals surface area contributed by atoms with Crippen molar-refractivity contribution < 1.29 is 0 Å². The Hall–Kier alpha value is -1.88. The molecule has 0 atom stereocenters. The molecule has 112 valence electrons. The molecule has 2 aromatic rings. The van der Waals surface area contributed by atoms with Gasteiger partial charge in [0.15, 0.2) is 11.6 Å². The van der Waals surface area contributed by atoms with Crippen LogP contribution in [0.25, 0.3) is 11.0 Å². The maximum Gasteiger partial charge on any atom is 0.172 e. The Labute approximate surface area is 126 Å². The van der Waals surface area contributed by atoms with E-state index < -0.39 is 0 Å². The normalized spacial score (nSPS) is 15.1. The van der Waals surface area contributed by atoms with Crippen molar-refractivity contribution in [1.82, 2.24) is 14.9 Å². The summed E-state index contributed by atoms with van der Waals surface area (Å²) in [7, 11) is 4.16. The van der Waals surface area contributed by atoms with E-state index in [4.69, 9.17) is 9.97 Å². The highest BCUT2D eigenvalue weighted by Crippen LogP contribution is 2.27. The SMILES string of the molecule is CN(C)CCNc1nc2ccccc2nc1N1CCCC1. The summed E-state index contributed by atoms with van der Waals surface area (Å²) >= 11 is 0. The molecule has 1 aliphatic heterocycles. The van der Waals surface area contributed by atoms with Crippen LogP contribution in [-0.2, 0) is 0 Å². The van der Waals surface area contributed by atoms with Crippen LogP contribution in [0.2, 0.25) is 0 Å². The van der Waals surface area contributed by atoms with Crippen LogP contribution in [0.1, 0.15) is 12.8 Å². The lowest BCUT2D eigenvalue weighted by atomic mass is 10.3. The minimum Gasteiger partial charge on any atom is -0.366 e. The number of nitrogens with one attached hydrogen (secondary N) is 1. The Morgan fingerprint density at radius 1 is 1.10 bits per heavy atom. The van der Waals surface area contributed by atoms with Gasteiger partial charge in [-0.1, -0.05) is 12.1 Å². The highest BCUT2D eigenvalue weighted by molar-refractivity contribution is 5.80. The predicted molar refractivity (Wildman–Crippen MR) is 88.0 cm³/mol. The molecule has 0 aliphatic carbocycles. The quantitative estimate of drug-likeness (QED) is 0.912. The number of benzene rings is 1. The first-order valence-electron chi connectivity index (χ1n) is 7.64. The van der Waals surface area contributed by atoms with Gasteiger partial charge in [0.25, 0.3) is 0 Å². The summed E-state index contributed by atoms with van der Waals surface area (Å²) in [6.45, 7) is 4.01. The average molecular weight is 285 g/mol. The fourth-order valence-corrected chi connectivity index (χ4v) is 2.66. The third-order valence-corrected chi connectivity index (χ3v) is 3.81. The van der Waals surface area contributed by atoms with Gasteiger partial charge in [-0.15, -0.1) is 0 Å². The first-order valence-corrected chi connectivity index (χ1v) is 7.64. The molecule has 0 amide bonds. The Balaban J connectivity index is 1.91. The van der Waals surface area contributed by atoms with Gasteiger partial charge < -0.3 is 15.1 Å². The van der Waals surface area contributed by atoms with E-state index in [1.807, 2.05) is 24.3 Å². The van der Waals surface area contributed by atoms with Gasteiger partial charge in [-0.05, 0) is 39.1 Å². The van der Waals surface area contributed by atoms with Gasteiger partial charge in [-0.25, -0.2) is 9.97 Å². The van der Waals surface area contributed by atoms with Crippen molar-refractivity contribution in [1.29, 1.82) is 0 Å². The van der Waals surface area contributed by atoms with Crippen LogP contribution in [0.15, 0.2) is 24.3 Å². The first-order chi connectivity index (χ1) is 10.2. The average Bonchev–Trinajstić information content (AvgIpc) is 3.00. The van der Waals surface area contributed by atoms with Crippen LogP contribution in [0.4, 0.5) is 11.6 Å². The van der Waals surface area contributed by atoms with Crippen molar-refractivity contribution in [2.75, 3.05) is 50.5 Å². The molecule has 2 heterocycles. The maximum absolute atomic E-state index is 4.84. The molecule has 3 rings (SSSR count). The molecular weight excluding hydrogens is 262 g/mol. The second-order valence-electron chi connectivity index (χ2n) is 5.81. The Bertz CT molecular complexity index is 605. The van der Waals surface area contributed by atoms with E-state index in [2.05, 4.69) is 29.2 Å². The van der Waals surface area contributed by atoms with E-state index in [1.165, 1.54) is 12.8 Å². The van der Waals surface area contributed by atoms with Gasteiger partial charge in [0.05, 0.1) is 11.0 Å². The highest BCUT2D eigenvalue weighted by atomic mass is 15.2. The highest BCUT2D eigenvalue weighted by Gasteiger charge is 2.19. The van der Waals surface area contributed by atoms with Gasteiger partial charge in [-0.2, -0.15) is 0 Å². The van der Waals surface area contributed by atoms with Gasteiger partial charge in [-0.3, -0.25) is 0 Å². The second kappa shape index (κ2) is 6.26. The Morgan fingerprint density at radius 3 is 2.43 bits per heavy atom. The number of aromatic nitrogens is 2. The maximum atomic E-state index is 4.84. The van der Waals surface area contributed by atoms with E-state index >= 15 is 0 Å². The summed E-state index contributed by atoms with van der Waals surface area (Å²) in [5.74, 6) is 1.92. The van der Waals surface area contributed by atoms with Gasteiger partial charge in [0.1, 0.15) is 0 Å². The van der Waals surface area contributed by atoms with Crippen LogP contribution < -0.4 is 10.2 Å². The molecule has 1 aromatic carbocycles. The number of nitrogens with zero attached hydrogens (tertiary/aromatic N) is 4. The standard InChI is InChI=1S/C16H23N5/c1-20(2)12-9-17-15-16(21-10-5-6-11-21)19-14-8-4-3-7-13(14)18-15/h3-4,7-8H,5-6,9-12H2,1-2H3,(H,17,18). The first kappa shape index (κ1) is 14.1. The van der Waals surface area contributed by atoms with E-state index in [1.54, 1.807) is 0 Å². The molecule has 21 heavy (non-hydrogen) atoms. The van der Waals surface area contributed by atoms with Crippen molar-refractivity contribution in [3.63, 3.8) is 0 Å². The summed E-state index contributed by atoms with van der Waals surface area (Å²) in [6, 6.07) is 8.08. The van der Waals surface area contributed by atoms with E-state index in [0.29, 0.717) is 0 Å². The molecule has 5 heteroatoms. The molecule has 1 aromatic heterocycles. The second-order valence-corrected chi connectivity index (χ2v) is 5.81. The van der Waals surface area contributed by atoms with Crippen LogP contribution in [0.5, 0.6) is 0 Å². The van der Waals surface area contributed by atoms with E-state index in [-0.39, 0.29) is 0 Å². The number of fused-ring (bicyclic) bond motifs is 1. The molecule has 5 nitrogen and oxygen atoms in total. The van der Waals surface area contributed by atoms with Crippen molar-refractivity contribution >= 4 is 22.7 Å². The summed E-state index contributed by atoms with van der Waals surface area (Å²) < 4.78 is 0. The lowest BCUT2D eigenvalue weighted by Gasteiger charge is -2.21. The van der Waals surface area contributed by atoms with E-state index in [0.717, 1.165) is 48.8 Å². The Kier molecular flexibility index (Phi) is 4.20. The predicted octanol–water partition coefficient (Wildman–Crippen LogP) is 2.20. The summed E-state index contributed by atoms with van der Waals surface area (Å²) in [5.41, 5.74) is 1.92. The molecule has 1 N–H and O–H groups in total. The monoisotopic (exact) mass is 285 g/mol. The van der Waals surface area contributed by atoms with Crippen molar-refractivity contribution in [2.24, 2.45) is 0 Å². The number of likely N-dealkylation sites (N-methyl/N-ethyl adjacent to an activating group) is 1. The molecular formula is C16H23N5. The zero-order valence-electron chi connectivity index (χ0n) is 12.8. The zero-order chi connectivity index (χ0) is 14.7. The molecule has 1 fully saturated rings. The topological polar surface area (TPSA) is 44.3 Å². The third-order valence-electron chi connectivity index (χ3n) is 3.81. The molecule has 1 saturated heterocycles. The molecule has 0 unspecified atom stereocenters. The minimum absolute atomic E-state index is 0.876. The molecule has 1 aliphatic rings. The van der Waals surface area contributed by atoms with E-state index in [9.17, 15) is 0 Å². The zero-order valence-corrected chi connectivity index (χ0v) is 12.8. The van der Waals surface area contributed by atoms with Crippen LogP contribution in [-0.4, -0.2) is 55.1 Å². The van der Waals surface area contributed by atoms with Crippen molar-refractivity contribution in [3.8, 4) is 0 Å². The lowest BCUT2D eigenvalue weighted by Crippen LogP contribution is -2.24. The Morgan fingerprint density at radius 2 is 1.76 bits per heavy atom. The number of hydrogen-bond acceptors (Lipinski definition) is 5. The molecule has 0 spiro atoms. The number of rotatable bonds is 5. The summed E-state index contributed by atoms with van der Waals surface area (Å²) in [6.07, 6.45) is 2.48. The fourth-order valence-electron chi connectivity index (χ4n) is 2.66. The van der Waals surface area contributed by atoms with Crippen molar-refractivity contribution in [2.45, 2.75) is 12.8 Å². The minimum atomic E-state index is 0.876. The summed E-state index contributed by atoms with van der Waals surface area (Å²) in [4.78, 5) is 14.1. The molecule has 0 radical (unpaired) electrons. The largest absolute Gasteiger partial charge is 0.366 e.